The zero-order chi connectivity index (χ0) is 27.7. The second-order valence-electron chi connectivity index (χ2n) is 11.8. The Kier molecular flexibility index (Phi) is 7.90. The van der Waals surface area contributed by atoms with Crippen molar-refractivity contribution in [2.24, 2.45) is 0 Å². The summed E-state index contributed by atoms with van der Waals surface area (Å²) >= 11 is 0. The van der Waals surface area contributed by atoms with E-state index in [1.54, 1.807) is 24.3 Å². The van der Waals surface area contributed by atoms with E-state index in [1.807, 2.05) is 6.07 Å². The Bertz CT molecular complexity index is 1260. The van der Waals surface area contributed by atoms with Crippen LogP contribution in [0.15, 0.2) is 42.5 Å². The number of hydrogen-bond acceptors (Lipinski definition) is 5. The van der Waals surface area contributed by atoms with E-state index in [0.717, 1.165) is 37.1 Å². The van der Waals surface area contributed by atoms with E-state index >= 15 is 0 Å². The minimum absolute atomic E-state index is 0.000220. The molecule has 1 heterocycles. The molecule has 202 valence electrons. The monoisotopic (exact) mass is 518 g/mol. The highest BCUT2D eigenvalue weighted by Gasteiger charge is 2.41. The van der Waals surface area contributed by atoms with Gasteiger partial charge in [0, 0.05) is 37.8 Å². The van der Waals surface area contributed by atoms with Gasteiger partial charge in [-0.3, -0.25) is 14.5 Å². The highest BCUT2D eigenvalue weighted by atomic mass is 16.4. The molecular formula is C31H38N2O5. The molecule has 2 aromatic carbocycles. The van der Waals surface area contributed by atoms with E-state index in [2.05, 4.69) is 44.0 Å². The van der Waals surface area contributed by atoms with Gasteiger partial charge in [-0.1, -0.05) is 45.9 Å². The van der Waals surface area contributed by atoms with Crippen molar-refractivity contribution in [2.75, 3.05) is 26.2 Å². The molecule has 0 amide bonds. The summed E-state index contributed by atoms with van der Waals surface area (Å²) in [5.74, 6) is -1.88. The fourth-order valence-electron chi connectivity index (χ4n) is 5.74. The molecule has 38 heavy (non-hydrogen) atoms. The first-order chi connectivity index (χ1) is 17.9. The Morgan fingerprint density at radius 1 is 1.00 bits per heavy atom. The first kappa shape index (κ1) is 27.7. The quantitative estimate of drug-likeness (QED) is 0.332. The summed E-state index contributed by atoms with van der Waals surface area (Å²) in [4.78, 5) is 37.9. The van der Waals surface area contributed by atoms with Gasteiger partial charge in [0.2, 0.25) is 0 Å². The van der Waals surface area contributed by atoms with E-state index < -0.39 is 11.9 Å². The lowest BCUT2D eigenvalue weighted by atomic mass is 9.61. The molecule has 1 aliphatic carbocycles. The molecule has 4 rings (SSSR count). The fraction of sp³-hybridized carbons (Fsp3) is 0.452. The summed E-state index contributed by atoms with van der Waals surface area (Å²) in [5, 5.41) is 21.9. The predicted molar refractivity (Wildman–Crippen MR) is 148 cm³/mol. The van der Waals surface area contributed by atoms with Crippen molar-refractivity contribution in [3.05, 3.63) is 75.9 Å². The Balaban J connectivity index is 1.71. The number of ketones is 1. The SMILES string of the molecule is CC1(C)CCC(C)(C)c2c(C3CN(CCC(=O)O)CCN3)cc(C(=O)C=Cc3ccc(C(=O)O)cc3)cc21. The maximum Gasteiger partial charge on any atom is 0.335 e. The number of aliphatic carboxylic acids is 1. The van der Waals surface area contributed by atoms with Crippen LogP contribution in [0, 0.1) is 0 Å². The Morgan fingerprint density at radius 3 is 2.34 bits per heavy atom. The van der Waals surface area contributed by atoms with Gasteiger partial charge in [0.15, 0.2) is 5.78 Å². The average Bonchev–Trinajstić information content (AvgIpc) is 2.88. The van der Waals surface area contributed by atoms with Crippen molar-refractivity contribution < 1.29 is 24.6 Å². The number of piperazine rings is 1. The van der Waals surface area contributed by atoms with Crippen LogP contribution < -0.4 is 5.32 Å². The first-order valence-electron chi connectivity index (χ1n) is 13.3. The third-order valence-electron chi connectivity index (χ3n) is 8.10. The van der Waals surface area contributed by atoms with Crippen molar-refractivity contribution in [3.8, 4) is 0 Å². The van der Waals surface area contributed by atoms with Crippen LogP contribution in [0.25, 0.3) is 6.08 Å². The van der Waals surface area contributed by atoms with Crippen LogP contribution in [0.3, 0.4) is 0 Å². The zero-order valence-electron chi connectivity index (χ0n) is 22.7. The van der Waals surface area contributed by atoms with Crippen molar-refractivity contribution in [2.45, 2.75) is 63.8 Å². The lowest BCUT2D eigenvalue weighted by molar-refractivity contribution is -0.137. The van der Waals surface area contributed by atoms with Crippen LogP contribution in [-0.2, 0) is 15.6 Å². The summed E-state index contributed by atoms with van der Waals surface area (Å²) in [6, 6.07) is 10.5. The Labute approximate surface area is 224 Å². The Morgan fingerprint density at radius 2 is 1.68 bits per heavy atom. The van der Waals surface area contributed by atoms with Gasteiger partial charge in [-0.2, -0.15) is 0 Å². The number of nitrogens with zero attached hydrogens (tertiary/aromatic N) is 1. The largest absolute Gasteiger partial charge is 0.481 e. The van der Waals surface area contributed by atoms with Crippen LogP contribution in [0.5, 0.6) is 0 Å². The lowest BCUT2D eigenvalue weighted by Gasteiger charge is -2.45. The van der Waals surface area contributed by atoms with E-state index in [1.165, 1.54) is 23.3 Å². The standard InChI is InChI=1S/C31H38N2O5/c1-30(2)12-13-31(3,4)28-23(25-19-33(16-14-32-25)15-11-27(35)36)17-22(18-24(28)30)26(34)10-7-20-5-8-21(9-6-20)29(37)38/h5-10,17-18,25,32H,11-16,19H2,1-4H3,(H,35,36)(H,37,38). The lowest BCUT2D eigenvalue weighted by Crippen LogP contribution is -2.47. The summed E-state index contributed by atoms with van der Waals surface area (Å²) in [6.07, 6.45) is 5.46. The van der Waals surface area contributed by atoms with Gasteiger partial charge >= 0.3 is 11.9 Å². The number of benzene rings is 2. The summed E-state index contributed by atoms with van der Waals surface area (Å²) in [7, 11) is 0. The number of carboxylic acid groups (broad SMARTS) is 2. The summed E-state index contributed by atoms with van der Waals surface area (Å²) < 4.78 is 0. The zero-order valence-corrected chi connectivity index (χ0v) is 22.7. The molecule has 0 saturated carbocycles. The number of nitrogens with one attached hydrogen (secondary N) is 1. The smallest absolute Gasteiger partial charge is 0.335 e. The van der Waals surface area contributed by atoms with Crippen LogP contribution in [0.1, 0.15) is 96.0 Å². The van der Waals surface area contributed by atoms with Crippen molar-refractivity contribution in [1.29, 1.82) is 0 Å². The normalized spacial score (nSPS) is 20.7. The number of fused-ring (bicyclic) bond motifs is 1. The van der Waals surface area contributed by atoms with Gasteiger partial charge in [0.25, 0.3) is 0 Å². The molecule has 2 aliphatic rings. The van der Waals surface area contributed by atoms with Crippen LogP contribution in [-0.4, -0.2) is 59.0 Å². The van der Waals surface area contributed by atoms with E-state index in [9.17, 15) is 14.4 Å². The summed E-state index contributed by atoms with van der Waals surface area (Å²) in [5.41, 5.74) is 5.10. The van der Waals surface area contributed by atoms with Gasteiger partial charge < -0.3 is 15.5 Å². The van der Waals surface area contributed by atoms with Crippen molar-refractivity contribution >= 4 is 23.8 Å². The molecule has 7 heteroatoms. The second-order valence-corrected chi connectivity index (χ2v) is 11.8. The van der Waals surface area contributed by atoms with Gasteiger partial charge in [-0.25, -0.2) is 4.79 Å². The number of rotatable bonds is 8. The Hall–Kier alpha value is -3.29. The maximum atomic E-state index is 13.5. The van der Waals surface area contributed by atoms with Gasteiger partial charge in [-0.15, -0.1) is 0 Å². The van der Waals surface area contributed by atoms with E-state index in [4.69, 9.17) is 10.2 Å². The van der Waals surface area contributed by atoms with Gasteiger partial charge in [0.05, 0.1) is 12.0 Å². The third-order valence-corrected chi connectivity index (χ3v) is 8.10. The minimum Gasteiger partial charge on any atom is -0.481 e. The molecular weight excluding hydrogens is 480 g/mol. The number of allylic oxidation sites excluding steroid dienone is 1. The molecule has 0 aromatic heterocycles. The highest BCUT2D eigenvalue weighted by molar-refractivity contribution is 6.07. The highest BCUT2D eigenvalue weighted by Crippen LogP contribution is 2.49. The number of carbonyl (C=O) groups is 3. The second kappa shape index (κ2) is 10.8. The molecule has 1 fully saturated rings. The average molecular weight is 519 g/mol. The topological polar surface area (TPSA) is 107 Å². The molecule has 2 aromatic rings. The van der Waals surface area contributed by atoms with Crippen LogP contribution in [0.4, 0.5) is 0 Å². The van der Waals surface area contributed by atoms with Gasteiger partial charge in [0.1, 0.15) is 0 Å². The van der Waals surface area contributed by atoms with Crippen LogP contribution in [0.2, 0.25) is 0 Å². The number of hydrogen-bond donors (Lipinski definition) is 3. The molecule has 3 N–H and O–H groups in total. The molecule has 0 spiro atoms. The molecule has 0 radical (unpaired) electrons. The fourth-order valence-corrected chi connectivity index (χ4v) is 5.74. The maximum absolute atomic E-state index is 13.5. The number of aromatic carboxylic acids is 1. The van der Waals surface area contributed by atoms with Crippen molar-refractivity contribution in [1.82, 2.24) is 10.2 Å². The van der Waals surface area contributed by atoms with Crippen LogP contribution >= 0.6 is 0 Å². The molecule has 1 unspecified atom stereocenters. The van der Waals surface area contributed by atoms with E-state index in [-0.39, 0.29) is 34.6 Å². The minimum atomic E-state index is -0.985. The number of carboxylic acids is 2. The third kappa shape index (κ3) is 6.05. The molecule has 1 atom stereocenters. The first-order valence-corrected chi connectivity index (χ1v) is 13.3. The summed E-state index contributed by atoms with van der Waals surface area (Å²) in [6.45, 7) is 11.8. The molecule has 1 saturated heterocycles. The molecule has 0 bridgehead atoms. The van der Waals surface area contributed by atoms with Crippen molar-refractivity contribution in [3.63, 3.8) is 0 Å². The van der Waals surface area contributed by atoms with E-state index in [0.29, 0.717) is 18.7 Å². The molecule has 1 aliphatic heterocycles. The number of carbonyl (C=O) groups excluding carboxylic acids is 1. The predicted octanol–water partition coefficient (Wildman–Crippen LogP) is 5.05. The molecule has 7 nitrogen and oxygen atoms in total. The van der Waals surface area contributed by atoms with Gasteiger partial charge in [-0.05, 0) is 76.3 Å².